The molecule has 0 amide bonds. The second-order valence-electron chi connectivity index (χ2n) is 35.0. The molecule has 94 heavy (non-hydrogen) atoms. The number of fused-ring (bicyclic) bond motifs is 6. The quantitative estimate of drug-likeness (QED) is 0.142. The van der Waals surface area contributed by atoms with Crippen molar-refractivity contribution in [3.8, 4) is 67.5 Å². The summed E-state index contributed by atoms with van der Waals surface area (Å²) in [4.78, 5) is 0. The van der Waals surface area contributed by atoms with E-state index in [1.54, 1.807) is 0 Å². The summed E-state index contributed by atoms with van der Waals surface area (Å²) in [6.07, 6.45) is 0. The van der Waals surface area contributed by atoms with Crippen LogP contribution in [-0.2, 0) is 43.3 Å². The van der Waals surface area contributed by atoms with Crippen molar-refractivity contribution in [1.82, 2.24) is 0 Å². The SMILES string of the molecule is Cc1cc(-c2cc(C(C)(C)C)c(O)c(C(C)(C)C)c2)c2ccc3cc(-c4cc(C(C)(C)C)c(O)c(C(C)(C)C)c4)c(Br)c(ccc4ccc(-c5cc(C(C)(C)C)c(O)c(C(C)(C)C)c5)cc4ccc4cc(ccc4-c4cc(C(C)(C)C)c(O)c(C(C)(C)C)c4)ccc2c1)c3. The minimum atomic E-state index is -0.357. The maximum Gasteiger partial charge on any atom is 0.123 e. The van der Waals surface area contributed by atoms with Crippen LogP contribution in [0.2, 0.25) is 0 Å². The van der Waals surface area contributed by atoms with Gasteiger partial charge in [0.15, 0.2) is 0 Å². The number of phenolic OH excluding ortho intramolecular Hbond substituents is 4. The van der Waals surface area contributed by atoms with Crippen molar-refractivity contribution in [2.75, 3.05) is 0 Å². The number of hydrogen-bond donors (Lipinski definition) is 4. The van der Waals surface area contributed by atoms with Crippen LogP contribution in [0.3, 0.4) is 0 Å². The highest BCUT2D eigenvalue weighted by Crippen LogP contribution is 2.49. The summed E-state index contributed by atoms with van der Waals surface area (Å²) < 4.78 is 0.927. The molecule has 492 valence electrons. The number of rotatable bonds is 4. The molecule has 0 aliphatic heterocycles. The zero-order valence-corrected chi connectivity index (χ0v) is 62.8. The Morgan fingerprint density at radius 3 is 0.979 bits per heavy atom. The number of phenols is 4. The van der Waals surface area contributed by atoms with Gasteiger partial charge in [0.2, 0.25) is 0 Å². The van der Waals surface area contributed by atoms with Gasteiger partial charge < -0.3 is 20.4 Å². The van der Waals surface area contributed by atoms with Crippen LogP contribution >= 0.6 is 15.9 Å². The molecule has 0 spiro atoms. The maximum atomic E-state index is 12.1. The van der Waals surface area contributed by atoms with Crippen LogP contribution in [0.25, 0.3) is 87.6 Å². The summed E-state index contributed by atoms with van der Waals surface area (Å²) in [6, 6.07) is 58.0. The molecule has 0 heterocycles. The zero-order chi connectivity index (χ0) is 69.7. The zero-order valence-electron chi connectivity index (χ0n) is 61.2. The van der Waals surface area contributed by atoms with E-state index in [-0.39, 0.29) is 43.3 Å². The molecule has 4 N–H and O–H groups in total. The van der Waals surface area contributed by atoms with E-state index in [1.807, 2.05) is 0 Å². The van der Waals surface area contributed by atoms with Gasteiger partial charge in [-0.1, -0.05) is 251 Å². The van der Waals surface area contributed by atoms with Crippen molar-refractivity contribution >= 4 is 59.0 Å². The molecule has 4 bridgehead atoms. The lowest BCUT2D eigenvalue weighted by Gasteiger charge is -2.28. The van der Waals surface area contributed by atoms with Gasteiger partial charge >= 0.3 is 0 Å². The number of benzene rings is 8. The topological polar surface area (TPSA) is 80.9 Å². The molecular formula is C89H105BrO4. The fraction of sp³-hybridized carbons (Fsp3) is 0.371. The lowest BCUT2D eigenvalue weighted by Crippen LogP contribution is -2.17. The van der Waals surface area contributed by atoms with Gasteiger partial charge in [0.1, 0.15) is 23.0 Å². The van der Waals surface area contributed by atoms with Crippen molar-refractivity contribution in [1.29, 1.82) is 0 Å². The summed E-state index contributed by atoms with van der Waals surface area (Å²) in [5.41, 5.74) is 13.8. The molecular weight excluding hydrogens is 1210 g/mol. The highest BCUT2D eigenvalue weighted by atomic mass is 79.9. The van der Waals surface area contributed by atoms with E-state index in [0.29, 0.717) is 23.0 Å². The second-order valence-corrected chi connectivity index (χ2v) is 35.8. The van der Waals surface area contributed by atoms with Crippen LogP contribution in [0.4, 0.5) is 0 Å². The minimum absolute atomic E-state index is 0.323. The van der Waals surface area contributed by atoms with Crippen molar-refractivity contribution in [3.05, 3.63) is 212 Å². The van der Waals surface area contributed by atoms with E-state index in [9.17, 15) is 20.4 Å². The van der Waals surface area contributed by atoms with Gasteiger partial charge in [-0.25, -0.2) is 0 Å². The number of halogens is 1. The van der Waals surface area contributed by atoms with E-state index in [0.717, 1.165) is 142 Å². The van der Waals surface area contributed by atoms with Gasteiger partial charge in [0.25, 0.3) is 0 Å². The van der Waals surface area contributed by atoms with Crippen LogP contribution in [0.1, 0.15) is 216 Å². The molecule has 5 heteroatoms. The van der Waals surface area contributed by atoms with E-state index in [4.69, 9.17) is 0 Å². The molecule has 9 aromatic carbocycles. The average molecular weight is 1320 g/mol. The molecule has 9 rings (SSSR count). The van der Waals surface area contributed by atoms with Gasteiger partial charge in [-0.15, -0.1) is 0 Å². The van der Waals surface area contributed by atoms with Crippen molar-refractivity contribution < 1.29 is 20.4 Å². The first-order valence-electron chi connectivity index (χ1n) is 33.6. The van der Waals surface area contributed by atoms with E-state index >= 15 is 0 Å². The summed E-state index contributed by atoms with van der Waals surface area (Å²) in [5, 5.41) is 56.3. The number of aryl methyl sites for hydroxylation is 1. The standard InChI is InChI=1S/C89H105BrO4/c1-52-38-58-29-26-53-27-36-65(62-46-71(84(8,9)10)79(92)72(47-62)85(11,12)13)59(40-53)34-33-56-43-57(61-44-69(82(2,3)4)78(91)70(45-61)83(5,6)7)32-30-55(56)31-35-60-41-54(42-68(77(60)90)64-50-75(88(20,21)22)81(94)76(51-64)89(23,24)25)28-37-66(58)67(39-52)63-48-73(86(14,15)16)80(93)74(49-63)87(17,18)19/h26-51,91-94H,1-25H3. The average Bonchev–Trinajstić information content (AvgIpc) is 0.781. The van der Waals surface area contributed by atoms with Crippen LogP contribution < -0.4 is 0 Å². The first kappa shape index (κ1) is 70.7. The number of hydrogen-bond acceptors (Lipinski definition) is 4. The van der Waals surface area contributed by atoms with Gasteiger partial charge in [0, 0.05) is 49.0 Å². The largest absolute Gasteiger partial charge is 0.507 e. The van der Waals surface area contributed by atoms with Crippen molar-refractivity contribution in [3.63, 3.8) is 0 Å². The van der Waals surface area contributed by atoms with E-state index < -0.39 is 0 Å². The highest BCUT2D eigenvalue weighted by Gasteiger charge is 2.32. The Morgan fingerprint density at radius 2 is 0.553 bits per heavy atom. The molecule has 0 radical (unpaired) electrons. The first-order valence-corrected chi connectivity index (χ1v) is 34.4. The molecule has 4 nitrogen and oxygen atoms in total. The van der Waals surface area contributed by atoms with Crippen LogP contribution in [0.5, 0.6) is 23.0 Å². The van der Waals surface area contributed by atoms with E-state index in [2.05, 4.69) is 347 Å². The lowest BCUT2D eigenvalue weighted by atomic mass is 9.77. The Morgan fingerprint density at radius 1 is 0.234 bits per heavy atom. The predicted molar refractivity (Wildman–Crippen MR) is 411 cm³/mol. The van der Waals surface area contributed by atoms with Crippen LogP contribution in [0.15, 0.2) is 162 Å². The molecule has 0 aromatic heterocycles. The summed E-state index contributed by atoms with van der Waals surface area (Å²) in [5.74, 6) is 1.37. The molecule has 0 saturated heterocycles. The Labute approximate surface area is 572 Å². The Hall–Kier alpha value is -7.60. The smallest absolute Gasteiger partial charge is 0.123 e. The first-order chi connectivity index (χ1) is 43.1. The lowest BCUT2D eigenvalue weighted by molar-refractivity contribution is 0.422. The molecule has 0 atom stereocenters. The Balaban J connectivity index is 1.52. The summed E-state index contributed by atoms with van der Waals surface area (Å²) in [6.45, 7) is 54.1. The Kier molecular flexibility index (Phi) is 18.7. The predicted octanol–water partition coefficient (Wildman–Crippen LogP) is 26.1. The van der Waals surface area contributed by atoms with Gasteiger partial charge in [-0.2, -0.15) is 0 Å². The second kappa shape index (κ2) is 24.9. The third-order valence-electron chi connectivity index (χ3n) is 18.6. The molecule has 0 saturated carbocycles. The minimum Gasteiger partial charge on any atom is -0.507 e. The van der Waals surface area contributed by atoms with Crippen LogP contribution in [0, 0.1) is 6.92 Å². The monoisotopic (exact) mass is 1320 g/mol. The van der Waals surface area contributed by atoms with Gasteiger partial charge in [-0.05, 0) is 232 Å². The van der Waals surface area contributed by atoms with Crippen molar-refractivity contribution in [2.24, 2.45) is 0 Å². The molecule has 9 aromatic rings. The molecule has 0 aliphatic carbocycles. The fourth-order valence-electron chi connectivity index (χ4n) is 13.1. The number of aromatic hydroxyl groups is 4. The van der Waals surface area contributed by atoms with Crippen molar-refractivity contribution in [2.45, 2.75) is 216 Å². The summed E-state index contributed by atoms with van der Waals surface area (Å²) >= 11 is 4.25. The maximum absolute atomic E-state index is 12.1. The normalized spacial score (nSPS) is 13.0. The van der Waals surface area contributed by atoms with Crippen LogP contribution in [-0.4, -0.2) is 20.4 Å². The Bertz CT molecular complexity index is 4530. The van der Waals surface area contributed by atoms with Gasteiger partial charge in [-0.3, -0.25) is 0 Å². The highest BCUT2D eigenvalue weighted by molar-refractivity contribution is 9.10. The molecule has 0 unspecified atom stereocenters. The third-order valence-corrected chi connectivity index (χ3v) is 19.5. The molecule has 0 aliphatic rings. The summed E-state index contributed by atoms with van der Waals surface area (Å²) in [7, 11) is 0. The van der Waals surface area contributed by atoms with Gasteiger partial charge in [0.05, 0.1) is 0 Å². The molecule has 0 fully saturated rings. The third kappa shape index (κ3) is 14.9. The fourth-order valence-corrected chi connectivity index (χ4v) is 13.7. The van der Waals surface area contributed by atoms with E-state index in [1.165, 1.54) is 0 Å².